The number of anilines is 1. The Morgan fingerprint density at radius 2 is 1.12 bits per heavy atom. The molecule has 3 heterocycles. The number of aliphatic hydroxyl groups excluding tert-OH is 1. The maximum absolute atomic E-state index is 13.8. The molecule has 43 heavy (non-hydrogen) atoms. The van der Waals surface area contributed by atoms with Gasteiger partial charge in [-0.05, 0) is 53.1 Å². The maximum Gasteiger partial charge on any atom is 0.240 e. The number of ether oxygens (including phenoxy) is 4. The molecule has 1 N–H and O–H groups in total. The number of benzene rings is 4. The van der Waals surface area contributed by atoms with Crippen molar-refractivity contribution < 1.29 is 33.6 Å². The van der Waals surface area contributed by atoms with Crippen LogP contribution in [0, 0.1) is 11.8 Å². The summed E-state index contributed by atoms with van der Waals surface area (Å²) in [7, 11) is 3.22. The van der Waals surface area contributed by atoms with Gasteiger partial charge in [-0.2, -0.15) is 0 Å². The van der Waals surface area contributed by atoms with Gasteiger partial charge in [-0.1, -0.05) is 72.8 Å². The molecule has 0 aliphatic carbocycles. The van der Waals surface area contributed by atoms with Crippen LogP contribution in [0.2, 0.25) is 0 Å². The molecule has 3 fully saturated rings. The first-order valence-corrected chi connectivity index (χ1v) is 14.3. The molecule has 0 radical (unpaired) electrons. The molecular weight excluding hydrogens is 546 g/mol. The van der Waals surface area contributed by atoms with Crippen molar-refractivity contribution in [2.75, 3.05) is 19.1 Å². The van der Waals surface area contributed by atoms with Crippen molar-refractivity contribution >= 4 is 17.5 Å². The second-order valence-electron chi connectivity index (χ2n) is 11.0. The number of fused-ring (bicyclic) bond motifs is 5. The summed E-state index contributed by atoms with van der Waals surface area (Å²) in [4.78, 5) is 28.6. The molecule has 3 aliphatic rings. The topological polar surface area (TPSA) is 94.5 Å². The van der Waals surface area contributed by atoms with Gasteiger partial charge < -0.3 is 24.1 Å². The fourth-order valence-corrected chi connectivity index (χ4v) is 6.91. The van der Waals surface area contributed by atoms with Gasteiger partial charge in [0.25, 0.3) is 0 Å². The molecule has 0 spiro atoms. The van der Waals surface area contributed by atoms with Crippen LogP contribution < -0.4 is 14.4 Å². The Morgan fingerprint density at radius 3 is 1.63 bits per heavy atom. The van der Waals surface area contributed by atoms with Gasteiger partial charge in [-0.3, -0.25) is 9.59 Å². The van der Waals surface area contributed by atoms with Crippen molar-refractivity contribution in [2.24, 2.45) is 11.8 Å². The van der Waals surface area contributed by atoms with Crippen LogP contribution in [0.5, 0.6) is 11.5 Å². The lowest BCUT2D eigenvalue weighted by molar-refractivity contribution is -0.139. The lowest BCUT2D eigenvalue weighted by Crippen LogP contribution is -2.52. The average Bonchev–Trinajstić information content (AvgIpc) is 3.69. The molecule has 3 aliphatic heterocycles. The molecule has 218 valence electrons. The van der Waals surface area contributed by atoms with Crippen molar-refractivity contribution in [3.63, 3.8) is 0 Å². The standard InChI is InChI=1S/C35H31NO7/c1-40-25-17-13-22(14-18-25)35(21-9-5-3-6-10-21,23-15-19-26(41-2)20-16-23)43-32-29(37)30-27-28(31(32)42-30)34(39)36(33(27)38)24-11-7-4-8-12-24/h3-20,27-32,37H,1-2H3/t27-,28+,29+,30+,31-,32+/m1/s1. The summed E-state index contributed by atoms with van der Waals surface area (Å²) >= 11 is 0. The Hall–Kier alpha value is -4.50. The minimum atomic E-state index is -1.22. The zero-order chi connectivity index (χ0) is 29.7. The fraction of sp³-hybridized carbons (Fsp3) is 0.257. The number of hydrogen-bond acceptors (Lipinski definition) is 7. The van der Waals surface area contributed by atoms with Crippen LogP contribution in [0.15, 0.2) is 109 Å². The molecule has 4 aromatic rings. The number of aliphatic hydroxyl groups is 1. The molecule has 0 saturated carbocycles. The SMILES string of the molecule is COc1ccc(C(O[C@H]2[C@@H](O)[C@H]3O[C@@H]2[C@H]2C(=O)N(c4ccccc4)C(=O)[C@@H]32)(c2ccccc2)c2ccc(OC)cc2)cc1. The van der Waals surface area contributed by atoms with Gasteiger partial charge in [0, 0.05) is 0 Å². The molecular formula is C35H31NO7. The first kappa shape index (κ1) is 27.3. The number of para-hydroxylation sites is 1. The molecule has 2 bridgehead atoms. The van der Waals surface area contributed by atoms with Crippen LogP contribution in [-0.4, -0.2) is 55.6 Å². The largest absolute Gasteiger partial charge is 0.497 e. The van der Waals surface area contributed by atoms with Gasteiger partial charge in [0.15, 0.2) is 0 Å². The molecule has 2 amide bonds. The summed E-state index contributed by atoms with van der Waals surface area (Å²) in [5, 5.41) is 11.7. The summed E-state index contributed by atoms with van der Waals surface area (Å²) < 4.78 is 24.3. The minimum absolute atomic E-state index is 0.339. The summed E-state index contributed by atoms with van der Waals surface area (Å²) in [6.07, 6.45) is -3.75. The van der Waals surface area contributed by atoms with Crippen LogP contribution in [0.1, 0.15) is 16.7 Å². The Bertz CT molecular complexity index is 1580. The Morgan fingerprint density at radius 1 is 0.651 bits per heavy atom. The predicted octanol–water partition coefficient (Wildman–Crippen LogP) is 4.33. The van der Waals surface area contributed by atoms with Crippen LogP contribution >= 0.6 is 0 Å². The highest BCUT2D eigenvalue weighted by Gasteiger charge is 2.70. The summed E-state index contributed by atoms with van der Waals surface area (Å²) in [5.74, 6) is -0.878. The second kappa shape index (κ2) is 10.6. The van der Waals surface area contributed by atoms with Gasteiger partial charge in [0.1, 0.15) is 29.3 Å². The number of nitrogens with zero attached hydrogens (tertiary/aromatic N) is 1. The second-order valence-corrected chi connectivity index (χ2v) is 11.0. The van der Waals surface area contributed by atoms with Crippen LogP contribution in [0.4, 0.5) is 5.69 Å². The summed E-state index contributed by atoms with van der Waals surface area (Å²) in [6.45, 7) is 0. The van der Waals surface area contributed by atoms with E-state index in [0.29, 0.717) is 17.2 Å². The third-order valence-electron chi connectivity index (χ3n) is 8.92. The Kier molecular flexibility index (Phi) is 6.77. The number of imide groups is 1. The molecule has 3 saturated heterocycles. The van der Waals surface area contributed by atoms with Crippen molar-refractivity contribution in [3.05, 3.63) is 126 Å². The highest BCUT2D eigenvalue weighted by molar-refractivity contribution is 6.22. The van der Waals surface area contributed by atoms with E-state index in [-0.39, 0.29) is 11.8 Å². The predicted molar refractivity (Wildman–Crippen MR) is 158 cm³/mol. The number of hydrogen-bond donors (Lipinski definition) is 1. The van der Waals surface area contributed by atoms with E-state index < -0.39 is 41.9 Å². The van der Waals surface area contributed by atoms with E-state index in [1.807, 2.05) is 84.9 Å². The van der Waals surface area contributed by atoms with Gasteiger partial charge in [-0.25, -0.2) is 4.90 Å². The first-order valence-electron chi connectivity index (χ1n) is 14.3. The van der Waals surface area contributed by atoms with Gasteiger partial charge in [0.2, 0.25) is 11.8 Å². The molecule has 8 heteroatoms. The third kappa shape index (κ3) is 4.17. The molecule has 4 aromatic carbocycles. The van der Waals surface area contributed by atoms with Gasteiger partial charge >= 0.3 is 0 Å². The van der Waals surface area contributed by atoms with E-state index in [0.717, 1.165) is 16.7 Å². The molecule has 0 aromatic heterocycles. The van der Waals surface area contributed by atoms with Gasteiger partial charge in [-0.15, -0.1) is 0 Å². The lowest BCUT2D eigenvalue weighted by Gasteiger charge is -2.41. The third-order valence-corrected chi connectivity index (χ3v) is 8.92. The normalized spacial score (nSPS) is 26.1. The van der Waals surface area contributed by atoms with Crippen molar-refractivity contribution in [1.29, 1.82) is 0 Å². The Labute approximate surface area is 249 Å². The van der Waals surface area contributed by atoms with Crippen molar-refractivity contribution in [3.8, 4) is 11.5 Å². The van der Waals surface area contributed by atoms with E-state index in [1.165, 1.54) is 4.90 Å². The van der Waals surface area contributed by atoms with Crippen molar-refractivity contribution in [2.45, 2.75) is 30.0 Å². The first-order chi connectivity index (χ1) is 21.0. The molecule has 7 rings (SSSR count). The van der Waals surface area contributed by atoms with Crippen LogP contribution in [0.3, 0.4) is 0 Å². The number of amides is 2. The molecule has 8 nitrogen and oxygen atoms in total. The lowest BCUT2D eigenvalue weighted by atomic mass is 9.76. The Balaban J connectivity index is 1.34. The van der Waals surface area contributed by atoms with Crippen LogP contribution in [0.25, 0.3) is 0 Å². The highest BCUT2D eigenvalue weighted by atomic mass is 16.6. The van der Waals surface area contributed by atoms with E-state index in [2.05, 4.69) is 0 Å². The van der Waals surface area contributed by atoms with E-state index in [1.54, 1.807) is 38.5 Å². The average molecular weight is 578 g/mol. The fourth-order valence-electron chi connectivity index (χ4n) is 6.91. The monoisotopic (exact) mass is 577 g/mol. The van der Waals surface area contributed by atoms with Crippen LogP contribution in [-0.2, 0) is 24.7 Å². The zero-order valence-electron chi connectivity index (χ0n) is 23.7. The minimum Gasteiger partial charge on any atom is -0.497 e. The maximum atomic E-state index is 13.8. The molecule has 0 unspecified atom stereocenters. The van der Waals surface area contributed by atoms with E-state index >= 15 is 0 Å². The number of carbonyl (C=O) groups is 2. The van der Waals surface area contributed by atoms with Crippen molar-refractivity contribution in [1.82, 2.24) is 0 Å². The number of rotatable bonds is 8. The van der Waals surface area contributed by atoms with E-state index in [4.69, 9.17) is 18.9 Å². The smallest absolute Gasteiger partial charge is 0.240 e. The highest BCUT2D eigenvalue weighted by Crippen LogP contribution is 2.53. The summed E-state index contributed by atoms with van der Waals surface area (Å²) in [5.41, 5.74) is 1.68. The molecule has 6 atom stereocenters. The summed E-state index contributed by atoms with van der Waals surface area (Å²) in [6, 6.07) is 33.8. The zero-order valence-corrected chi connectivity index (χ0v) is 23.7. The van der Waals surface area contributed by atoms with E-state index in [9.17, 15) is 14.7 Å². The number of methoxy groups -OCH3 is 2. The van der Waals surface area contributed by atoms with Gasteiger partial charge in [0.05, 0.1) is 44.0 Å². The quantitative estimate of drug-likeness (QED) is 0.246. The number of carbonyl (C=O) groups excluding carboxylic acids is 2.